The number of carbonyl (C=O) groups is 1. The molecule has 0 saturated carbocycles. The van der Waals surface area contributed by atoms with E-state index in [2.05, 4.69) is 41.2 Å². The molecule has 1 aromatic heterocycles. The van der Waals surface area contributed by atoms with Gasteiger partial charge >= 0.3 is 0 Å². The Morgan fingerprint density at radius 3 is 2.29 bits per heavy atom. The topological polar surface area (TPSA) is 67.0 Å². The molecule has 1 atom stereocenters. The summed E-state index contributed by atoms with van der Waals surface area (Å²) < 4.78 is 16.4. The standard InChI is InChI=1S/C33H39Cl2N3O4/c1-6-38(15-13-23-20-36-29-10-8-7-9-26(23)29)16-14-24(22-11-12-27(34)28(35)17-22)21-37(2)33(39)25-18-30(40-3)32(42-5)31(19-25)41-4/h7-12,17-20,24,36H,6,13-16,21H2,1-5H3. The first-order valence-corrected chi connectivity index (χ1v) is 14.8. The van der Waals surface area contributed by atoms with E-state index < -0.39 is 0 Å². The van der Waals surface area contributed by atoms with Gasteiger partial charge < -0.3 is 29.0 Å². The maximum absolute atomic E-state index is 13.6. The fourth-order valence-corrected chi connectivity index (χ4v) is 5.66. The van der Waals surface area contributed by atoms with Crippen molar-refractivity contribution in [2.75, 3.05) is 54.6 Å². The van der Waals surface area contributed by atoms with Crippen molar-refractivity contribution in [1.82, 2.24) is 14.8 Å². The molecule has 4 rings (SSSR count). The molecule has 1 unspecified atom stereocenters. The summed E-state index contributed by atoms with van der Waals surface area (Å²) in [7, 11) is 6.42. The molecule has 1 N–H and O–H groups in total. The molecule has 0 fully saturated rings. The van der Waals surface area contributed by atoms with Gasteiger partial charge in [0.25, 0.3) is 5.91 Å². The fraction of sp³-hybridized carbons (Fsp3) is 0.364. The van der Waals surface area contributed by atoms with Gasteiger partial charge in [-0.15, -0.1) is 0 Å². The molecule has 0 saturated heterocycles. The van der Waals surface area contributed by atoms with Crippen LogP contribution in [0.15, 0.2) is 60.8 Å². The monoisotopic (exact) mass is 611 g/mol. The summed E-state index contributed by atoms with van der Waals surface area (Å²) in [6, 6.07) is 17.5. The highest BCUT2D eigenvalue weighted by molar-refractivity contribution is 6.42. The Balaban J connectivity index is 1.50. The lowest BCUT2D eigenvalue weighted by Crippen LogP contribution is -2.33. The molecule has 0 aliphatic carbocycles. The molecule has 1 heterocycles. The minimum Gasteiger partial charge on any atom is -0.493 e. The molecule has 0 aliphatic heterocycles. The SMILES string of the molecule is CCN(CCc1c[nH]c2ccccc12)CCC(CN(C)C(=O)c1cc(OC)c(OC)c(OC)c1)c1ccc(Cl)c(Cl)c1. The number of benzene rings is 3. The van der Waals surface area contributed by atoms with Crippen molar-refractivity contribution in [2.24, 2.45) is 0 Å². The molecule has 9 heteroatoms. The molecule has 0 spiro atoms. The molecule has 42 heavy (non-hydrogen) atoms. The number of halogens is 2. The number of rotatable bonds is 14. The number of hydrogen-bond donors (Lipinski definition) is 1. The summed E-state index contributed by atoms with van der Waals surface area (Å²) in [6.45, 7) is 5.41. The first-order chi connectivity index (χ1) is 20.3. The number of likely N-dealkylation sites (N-methyl/N-ethyl adjacent to an activating group) is 2. The van der Waals surface area contributed by atoms with Crippen LogP contribution in [-0.4, -0.2) is 75.2 Å². The smallest absolute Gasteiger partial charge is 0.253 e. The summed E-state index contributed by atoms with van der Waals surface area (Å²) in [5.41, 5.74) is 3.98. The van der Waals surface area contributed by atoms with Crippen LogP contribution >= 0.6 is 23.2 Å². The summed E-state index contributed by atoms with van der Waals surface area (Å²) in [5.74, 6) is 1.20. The van der Waals surface area contributed by atoms with Crippen LogP contribution in [-0.2, 0) is 6.42 Å². The van der Waals surface area contributed by atoms with Gasteiger partial charge in [0.15, 0.2) is 11.5 Å². The van der Waals surface area contributed by atoms with Gasteiger partial charge in [0.1, 0.15) is 0 Å². The number of nitrogens with one attached hydrogen (secondary N) is 1. The summed E-state index contributed by atoms with van der Waals surface area (Å²) in [4.78, 5) is 21.2. The maximum atomic E-state index is 13.6. The molecule has 224 valence electrons. The van der Waals surface area contributed by atoms with Crippen molar-refractivity contribution < 1.29 is 19.0 Å². The van der Waals surface area contributed by atoms with Gasteiger partial charge in [-0.2, -0.15) is 0 Å². The predicted molar refractivity (Wildman–Crippen MR) is 171 cm³/mol. The van der Waals surface area contributed by atoms with E-state index in [0.29, 0.717) is 39.4 Å². The van der Waals surface area contributed by atoms with Gasteiger partial charge in [0.2, 0.25) is 5.75 Å². The number of aromatic amines is 1. The third kappa shape index (κ3) is 7.33. The van der Waals surface area contributed by atoms with Gasteiger partial charge in [-0.1, -0.05) is 54.4 Å². The Morgan fingerprint density at radius 1 is 0.929 bits per heavy atom. The Kier molecular flexibility index (Phi) is 11.0. The second kappa shape index (κ2) is 14.7. The second-order valence-corrected chi connectivity index (χ2v) is 11.1. The van der Waals surface area contributed by atoms with Crippen LogP contribution in [0.25, 0.3) is 10.9 Å². The largest absolute Gasteiger partial charge is 0.493 e. The van der Waals surface area contributed by atoms with E-state index in [1.165, 1.54) is 32.3 Å². The van der Waals surface area contributed by atoms with Gasteiger partial charge in [0.05, 0.1) is 31.4 Å². The molecule has 0 aliphatic rings. The quantitative estimate of drug-likeness (QED) is 0.162. The maximum Gasteiger partial charge on any atom is 0.253 e. The van der Waals surface area contributed by atoms with Crippen LogP contribution in [0.3, 0.4) is 0 Å². The molecular weight excluding hydrogens is 573 g/mol. The lowest BCUT2D eigenvalue weighted by atomic mass is 9.94. The van der Waals surface area contributed by atoms with Crippen LogP contribution < -0.4 is 14.2 Å². The number of amides is 1. The van der Waals surface area contributed by atoms with Crippen molar-refractivity contribution in [3.63, 3.8) is 0 Å². The minimum atomic E-state index is -0.147. The summed E-state index contributed by atoms with van der Waals surface area (Å²) in [6.07, 6.45) is 3.90. The van der Waals surface area contributed by atoms with E-state index in [1.807, 2.05) is 31.3 Å². The first kappa shape index (κ1) is 31.5. The number of fused-ring (bicyclic) bond motifs is 1. The molecule has 0 bridgehead atoms. The van der Waals surface area contributed by atoms with E-state index in [0.717, 1.165) is 43.6 Å². The zero-order valence-corrected chi connectivity index (χ0v) is 26.4. The van der Waals surface area contributed by atoms with E-state index in [4.69, 9.17) is 37.4 Å². The van der Waals surface area contributed by atoms with Gasteiger partial charge in [-0.3, -0.25) is 4.79 Å². The number of nitrogens with zero attached hydrogens (tertiary/aromatic N) is 2. The Morgan fingerprint density at radius 2 is 1.64 bits per heavy atom. The number of ether oxygens (including phenoxy) is 3. The van der Waals surface area contributed by atoms with E-state index in [1.54, 1.807) is 17.0 Å². The van der Waals surface area contributed by atoms with Crippen molar-refractivity contribution in [2.45, 2.75) is 25.7 Å². The fourth-order valence-electron chi connectivity index (χ4n) is 5.35. The van der Waals surface area contributed by atoms with Crippen LogP contribution in [0.4, 0.5) is 0 Å². The van der Waals surface area contributed by atoms with Crippen molar-refractivity contribution in [3.05, 3.63) is 87.5 Å². The number of H-pyrrole nitrogens is 1. The zero-order chi connectivity index (χ0) is 30.2. The van der Waals surface area contributed by atoms with Gasteiger partial charge in [0, 0.05) is 48.7 Å². The molecule has 4 aromatic rings. The molecule has 7 nitrogen and oxygen atoms in total. The average Bonchev–Trinajstić information content (AvgIpc) is 3.43. The second-order valence-electron chi connectivity index (χ2n) is 10.3. The normalized spacial score (nSPS) is 12.0. The predicted octanol–water partition coefficient (Wildman–Crippen LogP) is 7.31. The molecular formula is C33H39Cl2N3O4. The molecule has 1 amide bonds. The third-order valence-electron chi connectivity index (χ3n) is 7.78. The highest BCUT2D eigenvalue weighted by atomic mass is 35.5. The third-order valence-corrected chi connectivity index (χ3v) is 8.52. The highest BCUT2D eigenvalue weighted by Gasteiger charge is 2.23. The van der Waals surface area contributed by atoms with Crippen LogP contribution in [0, 0.1) is 0 Å². The Labute approximate surface area is 258 Å². The molecule has 3 aromatic carbocycles. The number of para-hydroxylation sites is 1. The van der Waals surface area contributed by atoms with Crippen molar-refractivity contribution >= 4 is 40.0 Å². The molecule has 0 radical (unpaired) electrons. The van der Waals surface area contributed by atoms with Gasteiger partial charge in [-0.25, -0.2) is 0 Å². The highest BCUT2D eigenvalue weighted by Crippen LogP contribution is 2.38. The lowest BCUT2D eigenvalue weighted by Gasteiger charge is -2.28. The van der Waals surface area contributed by atoms with Crippen LogP contribution in [0.2, 0.25) is 10.0 Å². The van der Waals surface area contributed by atoms with Crippen LogP contribution in [0.1, 0.15) is 40.7 Å². The van der Waals surface area contributed by atoms with E-state index >= 15 is 0 Å². The Hall–Kier alpha value is -3.39. The van der Waals surface area contributed by atoms with Crippen molar-refractivity contribution in [1.29, 1.82) is 0 Å². The summed E-state index contributed by atoms with van der Waals surface area (Å²) >= 11 is 12.7. The minimum absolute atomic E-state index is 0.0397. The average molecular weight is 613 g/mol. The number of carbonyl (C=O) groups excluding carboxylic acids is 1. The first-order valence-electron chi connectivity index (χ1n) is 14.1. The zero-order valence-electron chi connectivity index (χ0n) is 24.9. The van der Waals surface area contributed by atoms with E-state index in [-0.39, 0.29) is 11.8 Å². The summed E-state index contributed by atoms with van der Waals surface area (Å²) in [5, 5.41) is 2.29. The van der Waals surface area contributed by atoms with Crippen molar-refractivity contribution in [3.8, 4) is 17.2 Å². The van der Waals surface area contributed by atoms with Crippen LogP contribution in [0.5, 0.6) is 17.2 Å². The number of methoxy groups -OCH3 is 3. The van der Waals surface area contributed by atoms with Gasteiger partial charge in [-0.05, 0) is 67.4 Å². The lowest BCUT2D eigenvalue weighted by molar-refractivity contribution is 0.0782. The number of aromatic nitrogens is 1. The number of hydrogen-bond acceptors (Lipinski definition) is 5. The van der Waals surface area contributed by atoms with E-state index in [9.17, 15) is 4.79 Å². The Bertz CT molecular complexity index is 1480.